The summed E-state index contributed by atoms with van der Waals surface area (Å²) in [6, 6.07) is 14.8. The van der Waals surface area contributed by atoms with E-state index >= 15 is 0 Å². The number of carbonyl (C=O) groups excluding carboxylic acids is 2. The number of hydrogen-bond acceptors (Lipinski definition) is 8. The Balaban J connectivity index is 0.000000666. The monoisotopic (exact) mass is 538 g/mol. The van der Waals surface area contributed by atoms with Crippen LogP contribution in [0.3, 0.4) is 0 Å². The summed E-state index contributed by atoms with van der Waals surface area (Å²) in [5.74, 6) is 1.57. The lowest BCUT2D eigenvalue weighted by atomic mass is 10.0. The molecule has 1 amide bonds. The summed E-state index contributed by atoms with van der Waals surface area (Å²) in [6.07, 6.45) is 8.38. The number of amides is 1. The highest BCUT2D eigenvalue weighted by Crippen LogP contribution is 2.28. The van der Waals surface area contributed by atoms with Gasteiger partial charge in [-0.3, -0.25) is 9.78 Å². The van der Waals surface area contributed by atoms with Gasteiger partial charge in [0, 0.05) is 61.0 Å². The number of benzene rings is 1. The highest BCUT2D eigenvalue weighted by Gasteiger charge is 2.22. The maximum atomic E-state index is 13.0. The second-order valence-corrected chi connectivity index (χ2v) is 10.0. The number of nitrogens with one attached hydrogen (secondary N) is 2. The molecule has 3 aromatic heterocycles. The smallest absolute Gasteiger partial charge is 0.255 e. The van der Waals surface area contributed by atoms with Crippen LogP contribution in [0.15, 0.2) is 67.1 Å². The summed E-state index contributed by atoms with van der Waals surface area (Å²) in [6.45, 7) is 5.83. The summed E-state index contributed by atoms with van der Waals surface area (Å²) in [5, 5.41) is 6.01. The highest BCUT2D eigenvalue weighted by atomic mass is 16.5. The standard InChI is InChI=1S/C27H28N6O2.C4H6O/c1-17-6-7-20(32-26(34)19-9-11-29-23(14-19)27(2,3)35-5)16-21(17)22-10-13-31-25(33-22)18-8-12-30-24(15-18)28-4;5-3-4-1-2-4/h6-16H,1-5H3,(H,28,30)(H,32,34);3-4H,1-2H2. The number of pyridine rings is 2. The fraction of sp³-hybridized carbons (Fsp3) is 0.290. The Kier molecular flexibility index (Phi) is 8.96. The molecule has 9 nitrogen and oxygen atoms in total. The second-order valence-electron chi connectivity index (χ2n) is 10.0. The first-order chi connectivity index (χ1) is 19.2. The van der Waals surface area contributed by atoms with Gasteiger partial charge in [-0.15, -0.1) is 0 Å². The predicted octanol–water partition coefficient (Wildman–Crippen LogP) is 5.68. The number of anilines is 2. The van der Waals surface area contributed by atoms with Crippen molar-refractivity contribution >= 4 is 23.7 Å². The fourth-order valence-corrected chi connectivity index (χ4v) is 3.77. The van der Waals surface area contributed by atoms with Gasteiger partial charge in [0.05, 0.1) is 11.4 Å². The van der Waals surface area contributed by atoms with E-state index in [1.54, 1.807) is 37.8 Å². The van der Waals surface area contributed by atoms with Crippen molar-refractivity contribution in [2.45, 2.75) is 39.2 Å². The zero-order valence-corrected chi connectivity index (χ0v) is 23.4. The summed E-state index contributed by atoms with van der Waals surface area (Å²) in [4.78, 5) is 40.4. The Labute approximate surface area is 234 Å². The molecule has 40 heavy (non-hydrogen) atoms. The molecule has 1 aliphatic carbocycles. The number of aryl methyl sites for hydroxylation is 1. The number of aromatic nitrogens is 4. The van der Waals surface area contributed by atoms with Crippen molar-refractivity contribution in [3.63, 3.8) is 0 Å². The SMILES string of the molecule is CNc1cc(-c2nccc(-c3cc(NC(=O)c4ccnc(C(C)(C)OC)c4)ccc3C)n2)ccn1.O=CC1CC1. The Morgan fingerprint density at radius 2 is 1.75 bits per heavy atom. The molecule has 1 aliphatic rings. The van der Waals surface area contributed by atoms with Gasteiger partial charge in [-0.1, -0.05) is 6.07 Å². The van der Waals surface area contributed by atoms with Crippen LogP contribution < -0.4 is 10.6 Å². The number of carbonyl (C=O) groups is 2. The fourth-order valence-electron chi connectivity index (χ4n) is 3.77. The zero-order valence-electron chi connectivity index (χ0n) is 23.4. The Bertz CT molecular complexity index is 1500. The molecule has 0 aliphatic heterocycles. The van der Waals surface area contributed by atoms with Gasteiger partial charge < -0.3 is 20.2 Å². The average Bonchev–Trinajstić information content (AvgIpc) is 3.84. The number of methoxy groups -OCH3 is 1. The van der Waals surface area contributed by atoms with Gasteiger partial charge in [-0.05, 0) is 81.6 Å². The molecule has 0 unspecified atom stereocenters. The molecule has 4 aromatic rings. The van der Waals surface area contributed by atoms with E-state index < -0.39 is 5.60 Å². The molecular formula is C31H34N6O3. The molecular weight excluding hydrogens is 504 g/mol. The lowest BCUT2D eigenvalue weighted by Crippen LogP contribution is -2.22. The third kappa shape index (κ3) is 7.12. The summed E-state index contributed by atoms with van der Waals surface area (Å²) in [7, 11) is 3.44. The van der Waals surface area contributed by atoms with Crippen molar-refractivity contribution in [3.05, 3.63) is 83.9 Å². The molecule has 206 valence electrons. The van der Waals surface area contributed by atoms with Gasteiger partial charge >= 0.3 is 0 Å². The van der Waals surface area contributed by atoms with E-state index in [0.717, 1.165) is 47.3 Å². The van der Waals surface area contributed by atoms with E-state index in [2.05, 4.69) is 25.6 Å². The summed E-state index contributed by atoms with van der Waals surface area (Å²) >= 11 is 0. The van der Waals surface area contributed by atoms with E-state index in [9.17, 15) is 9.59 Å². The molecule has 5 rings (SSSR count). The van der Waals surface area contributed by atoms with Crippen molar-refractivity contribution in [2.24, 2.45) is 5.92 Å². The van der Waals surface area contributed by atoms with E-state index in [0.29, 0.717) is 28.7 Å². The van der Waals surface area contributed by atoms with Crippen LogP contribution in [0.2, 0.25) is 0 Å². The Hall–Kier alpha value is -4.50. The van der Waals surface area contributed by atoms with Crippen molar-refractivity contribution in [1.82, 2.24) is 19.9 Å². The molecule has 0 saturated heterocycles. The molecule has 1 saturated carbocycles. The summed E-state index contributed by atoms with van der Waals surface area (Å²) < 4.78 is 5.50. The molecule has 0 radical (unpaired) electrons. The van der Waals surface area contributed by atoms with E-state index in [4.69, 9.17) is 9.72 Å². The molecule has 9 heteroatoms. The maximum absolute atomic E-state index is 13.0. The summed E-state index contributed by atoms with van der Waals surface area (Å²) in [5.41, 5.74) is 4.83. The number of nitrogens with zero attached hydrogens (tertiary/aromatic N) is 4. The lowest BCUT2D eigenvalue weighted by Gasteiger charge is -2.22. The van der Waals surface area contributed by atoms with Crippen molar-refractivity contribution < 1.29 is 14.3 Å². The minimum Gasteiger partial charge on any atom is -0.373 e. The third-order valence-electron chi connectivity index (χ3n) is 6.66. The first kappa shape index (κ1) is 28.5. The normalized spacial score (nSPS) is 12.6. The van der Waals surface area contributed by atoms with Crippen LogP contribution >= 0.6 is 0 Å². The van der Waals surface area contributed by atoms with E-state index in [1.807, 2.05) is 64.2 Å². The van der Waals surface area contributed by atoms with Crippen molar-refractivity contribution in [3.8, 4) is 22.6 Å². The number of ether oxygens (including phenoxy) is 1. The van der Waals surface area contributed by atoms with Gasteiger partial charge in [-0.25, -0.2) is 15.0 Å². The Morgan fingerprint density at radius 1 is 1.00 bits per heavy atom. The molecule has 3 heterocycles. The number of rotatable bonds is 8. The third-order valence-corrected chi connectivity index (χ3v) is 6.66. The molecule has 1 fully saturated rings. The Morgan fingerprint density at radius 3 is 2.42 bits per heavy atom. The molecule has 0 spiro atoms. The largest absolute Gasteiger partial charge is 0.373 e. The minimum absolute atomic E-state index is 0.227. The number of hydrogen-bond donors (Lipinski definition) is 2. The van der Waals surface area contributed by atoms with Crippen LogP contribution in [0.5, 0.6) is 0 Å². The van der Waals surface area contributed by atoms with E-state index in [1.165, 1.54) is 0 Å². The zero-order chi connectivity index (χ0) is 28.7. The van der Waals surface area contributed by atoms with Crippen LogP contribution in [-0.4, -0.2) is 46.3 Å². The second kappa shape index (κ2) is 12.6. The first-order valence-electron chi connectivity index (χ1n) is 13.1. The van der Waals surface area contributed by atoms with Crippen LogP contribution in [0.1, 0.15) is 48.3 Å². The van der Waals surface area contributed by atoms with Gasteiger partial charge in [0.2, 0.25) is 0 Å². The van der Waals surface area contributed by atoms with Gasteiger partial charge in [0.25, 0.3) is 5.91 Å². The quantitative estimate of drug-likeness (QED) is 0.275. The molecule has 0 atom stereocenters. The maximum Gasteiger partial charge on any atom is 0.255 e. The van der Waals surface area contributed by atoms with Gasteiger partial charge in [0.1, 0.15) is 17.7 Å². The lowest BCUT2D eigenvalue weighted by molar-refractivity contribution is -0.108. The highest BCUT2D eigenvalue weighted by molar-refractivity contribution is 6.04. The van der Waals surface area contributed by atoms with Gasteiger partial charge in [-0.2, -0.15) is 0 Å². The average molecular weight is 539 g/mol. The first-order valence-corrected chi connectivity index (χ1v) is 13.1. The molecule has 1 aromatic carbocycles. The molecule has 0 bridgehead atoms. The van der Waals surface area contributed by atoms with Crippen LogP contribution in [-0.2, 0) is 15.1 Å². The van der Waals surface area contributed by atoms with E-state index in [-0.39, 0.29) is 5.91 Å². The van der Waals surface area contributed by atoms with Crippen LogP contribution in [0.4, 0.5) is 11.5 Å². The van der Waals surface area contributed by atoms with Crippen molar-refractivity contribution in [1.29, 1.82) is 0 Å². The predicted molar refractivity (Wildman–Crippen MR) is 156 cm³/mol. The topological polar surface area (TPSA) is 119 Å². The van der Waals surface area contributed by atoms with Crippen molar-refractivity contribution in [2.75, 3.05) is 24.8 Å². The molecule has 2 N–H and O–H groups in total. The van der Waals surface area contributed by atoms with Gasteiger partial charge in [0.15, 0.2) is 5.82 Å². The van der Waals surface area contributed by atoms with Crippen LogP contribution in [0, 0.1) is 12.8 Å². The van der Waals surface area contributed by atoms with Crippen LogP contribution in [0.25, 0.3) is 22.6 Å². The minimum atomic E-state index is -0.596. The number of aldehydes is 1.